The molecule has 6 heteroatoms. The van der Waals surface area contributed by atoms with Crippen LogP contribution in [0.25, 0.3) is 0 Å². The van der Waals surface area contributed by atoms with Crippen molar-refractivity contribution in [2.75, 3.05) is 33.3 Å². The number of nitrogens with zero attached hydrogens (tertiary/aromatic N) is 2. The predicted octanol–water partition coefficient (Wildman–Crippen LogP) is 2.17. The SMILES string of the molecule is CCCNCC1OCCN(C)C1c1ncc(Cl)s1. The zero-order chi connectivity index (χ0) is 13.0. The fourth-order valence-electron chi connectivity index (χ4n) is 2.21. The first kappa shape index (κ1) is 14.2. The number of likely N-dealkylation sites (N-methyl/N-ethyl adjacent to an activating group) is 1. The van der Waals surface area contributed by atoms with Crippen LogP contribution in [0.4, 0.5) is 0 Å². The number of aromatic nitrogens is 1. The zero-order valence-electron chi connectivity index (χ0n) is 10.9. The van der Waals surface area contributed by atoms with Crippen molar-refractivity contribution in [3.05, 3.63) is 15.5 Å². The number of rotatable bonds is 5. The van der Waals surface area contributed by atoms with Gasteiger partial charge < -0.3 is 10.1 Å². The monoisotopic (exact) mass is 289 g/mol. The van der Waals surface area contributed by atoms with Gasteiger partial charge in [-0.05, 0) is 20.0 Å². The average Bonchev–Trinajstić information content (AvgIpc) is 2.76. The lowest BCUT2D eigenvalue weighted by atomic mass is 10.1. The van der Waals surface area contributed by atoms with E-state index in [4.69, 9.17) is 16.3 Å². The van der Waals surface area contributed by atoms with Gasteiger partial charge in [0.25, 0.3) is 0 Å². The number of hydrogen-bond acceptors (Lipinski definition) is 5. The van der Waals surface area contributed by atoms with Gasteiger partial charge in [0, 0.05) is 13.1 Å². The van der Waals surface area contributed by atoms with E-state index < -0.39 is 0 Å². The maximum absolute atomic E-state index is 5.98. The predicted molar refractivity (Wildman–Crippen MR) is 75.4 cm³/mol. The minimum absolute atomic E-state index is 0.150. The number of morpholine rings is 1. The number of nitrogens with one attached hydrogen (secondary N) is 1. The second-order valence-electron chi connectivity index (χ2n) is 4.54. The van der Waals surface area contributed by atoms with Crippen LogP contribution >= 0.6 is 22.9 Å². The van der Waals surface area contributed by atoms with E-state index in [2.05, 4.69) is 29.2 Å². The lowest BCUT2D eigenvalue weighted by Gasteiger charge is -2.38. The van der Waals surface area contributed by atoms with E-state index in [0.717, 1.165) is 42.0 Å². The maximum Gasteiger partial charge on any atom is 0.114 e. The van der Waals surface area contributed by atoms with Crippen LogP contribution in [0.2, 0.25) is 4.34 Å². The minimum Gasteiger partial charge on any atom is -0.373 e. The number of halogens is 1. The lowest BCUT2D eigenvalue weighted by Crippen LogP contribution is -2.47. The van der Waals surface area contributed by atoms with Gasteiger partial charge in [-0.1, -0.05) is 18.5 Å². The molecule has 0 spiro atoms. The third-order valence-corrected chi connectivity index (χ3v) is 4.31. The Bertz CT molecular complexity index is 374. The molecule has 0 bridgehead atoms. The molecule has 1 fully saturated rings. The molecule has 0 aromatic carbocycles. The van der Waals surface area contributed by atoms with E-state index in [1.54, 1.807) is 17.5 Å². The molecule has 1 aromatic rings. The minimum atomic E-state index is 0.150. The number of ether oxygens (including phenoxy) is 1. The van der Waals surface area contributed by atoms with Crippen LogP contribution in [0.15, 0.2) is 6.20 Å². The smallest absolute Gasteiger partial charge is 0.114 e. The molecule has 2 atom stereocenters. The van der Waals surface area contributed by atoms with Gasteiger partial charge in [-0.3, -0.25) is 4.90 Å². The van der Waals surface area contributed by atoms with Crippen LogP contribution in [-0.4, -0.2) is 49.3 Å². The second-order valence-corrected chi connectivity index (χ2v) is 6.23. The molecule has 102 valence electrons. The maximum atomic E-state index is 5.98. The molecule has 0 saturated carbocycles. The summed E-state index contributed by atoms with van der Waals surface area (Å²) in [6.45, 7) is 5.77. The van der Waals surface area contributed by atoms with Gasteiger partial charge in [-0.15, -0.1) is 11.3 Å². The van der Waals surface area contributed by atoms with Crippen LogP contribution in [-0.2, 0) is 4.74 Å². The quantitative estimate of drug-likeness (QED) is 0.843. The van der Waals surface area contributed by atoms with E-state index in [0.29, 0.717) is 0 Å². The van der Waals surface area contributed by atoms with Crippen molar-refractivity contribution in [1.82, 2.24) is 15.2 Å². The first-order chi connectivity index (χ1) is 8.72. The van der Waals surface area contributed by atoms with Crippen molar-refractivity contribution in [1.29, 1.82) is 0 Å². The van der Waals surface area contributed by atoms with Crippen LogP contribution in [0, 0.1) is 0 Å². The van der Waals surface area contributed by atoms with Crippen molar-refractivity contribution in [2.45, 2.75) is 25.5 Å². The summed E-state index contributed by atoms with van der Waals surface area (Å²) in [6.07, 6.45) is 3.01. The summed E-state index contributed by atoms with van der Waals surface area (Å²) in [7, 11) is 2.12. The number of hydrogen-bond donors (Lipinski definition) is 1. The molecule has 2 unspecified atom stereocenters. The molecule has 1 aromatic heterocycles. The van der Waals surface area contributed by atoms with Gasteiger partial charge in [0.05, 0.1) is 24.9 Å². The van der Waals surface area contributed by atoms with E-state index in [9.17, 15) is 0 Å². The first-order valence-corrected chi connectivity index (χ1v) is 7.55. The van der Waals surface area contributed by atoms with Gasteiger partial charge in [0.1, 0.15) is 9.34 Å². The summed E-state index contributed by atoms with van der Waals surface area (Å²) in [5.41, 5.74) is 0. The van der Waals surface area contributed by atoms with Gasteiger partial charge in [0.2, 0.25) is 0 Å². The molecule has 1 aliphatic heterocycles. The summed E-state index contributed by atoms with van der Waals surface area (Å²) < 4.78 is 6.63. The molecule has 0 radical (unpaired) electrons. The van der Waals surface area contributed by atoms with E-state index in [-0.39, 0.29) is 12.1 Å². The topological polar surface area (TPSA) is 37.4 Å². The van der Waals surface area contributed by atoms with E-state index in [1.807, 2.05) is 0 Å². The average molecular weight is 290 g/mol. The molecular weight excluding hydrogens is 270 g/mol. The van der Waals surface area contributed by atoms with E-state index in [1.165, 1.54) is 0 Å². The molecule has 1 saturated heterocycles. The second kappa shape index (κ2) is 6.82. The standard InChI is InChI=1S/C12H20ClN3OS/c1-3-4-14-7-9-11(16(2)5-6-17-9)12-15-8-10(13)18-12/h8-9,11,14H,3-7H2,1-2H3. The van der Waals surface area contributed by atoms with Crippen molar-refractivity contribution < 1.29 is 4.74 Å². The van der Waals surface area contributed by atoms with Gasteiger partial charge in [-0.2, -0.15) is 0 Å². The third-order valence-electron chi connectivity index (χ3n) is 3.12. The molecule has 0 aliphatic carbocycles. The number of thiazole rings is 1. The van der Waals surface area contributed by atoms with E-state index >= 15 is 0 Å². The normalized spacial score (nSPS) is 25.5. The molecular formula is C12H20ClN3OS. The Morgan fingerprint density at radius 1 is 1.67 bits per heavy atom. The van der Waals surface area contributed by atoms with Crippen LogP contribution < -0.4 is 5.32 Å². The largest absolute Gasteiger partial charge is 0.373 e. The van der Waals surface area contributed by atoms with Gasteiger partial charge in [0.15, 0.2) is 0 Å². The highest BCUT2D eigenvalue weighted by molar-refractivity contribution is 7.15. The highest BCUT2D eigenvalue weighted by Crippen LogP contribution is 2.32. The summed E-state index contributed by atoms with van der Waals surface area (Å²) in [5, 5.41) is 4.47. The van der Waals surface area contributed by atoms with Crippen molar-refractivity contribution in [3.63, 3.8) is 0 Å². The molecule has 18 heavy (non-hydrogen) atoms. The molecule has 4 nitrogen and oxygen atoms in total. The fourth-order valence-corrected chi connectivity index (χ4v) is 3.35. The highest BCUT2D eigenvalue weighted by Gasteiger charge is 2.33. The Morgan fingerprint density at radius 2 is 2.50 bits per heavy atom. The summed E-state index contributed by atoms with van der Waals surface area (Å²) in [4.78, 5) is 6.71. The molecule has 0 amide bonds. The molecule has 1 N–H and O–H groups in total. The molecule has 2 heterocycles. The van der Waals surface area contributed by atoms with Crippen LogP contribution in [0.3, 0.4) is 0 Å². The Kier molecular flexibility index (Phi) is 5.38. The highest BCUT2D eigenvalue weighted by atomic mass is 35.5. The Balaban J connectivity index is 2.05. The summed E-state index contributed by atoms with van der Waals surface area (Å²) in [6, 6.07) is 0.209. The zero-order valence-corrected chi connectivity index (χ0v) is 12.4. The summed E-state index contributed by atoms with van der Waals surface area (Å²) >= 11 is 7.53. The van der Waals surface area contributed by atoms with Crippen LogP contribution in [0.1, 0.15) is 24.4 Å². The first-order valence-electron chi connectivity index (χ1n) is 6.36. The van der Waals surface area contributed by atoms with Crippen molar-refractivity contribution >= 4 is 22.9 Å². The molecule has 1 aliphatic rings. The van der Waals surface area contributed by atoms with Gasteiger partial charge in [-0.25, -0.2) is 4.98 Å². The summed E-state index contributed by atoms with van der Waals surface area (Å²) in [5.74, 6) is 0. The Hall–Kier alpha value is -0.200. The van der Waals surface area contributed by atoms with Crippen LogP contribution in [0.5, 0.6) is 0 Å². The van der Waals surface area contributed by atoms with Crippen molar-refractivity contribution in [3.8, 4) is 0 Å². The molecule has 2 rings (SSSR count). The Morgan fingerprint density at radius 3 is 3.17 bits per heavy atom. The van der Waals surface area contributed by atoms with Gasteiger partial charge >= 0.3 is 0 Å². The van der Waals surface area contributed by atoms with Crippen molar-refractivity contribution in [2.24, 2.45) is 0 Å². The lowest BCUT2D eigenvalue weighted by molar-refractivity contribution is -0.0613. The fraction of sp³-hybridized carbons (Fsp3) is 0.750. The Labute approximate surface area is 117 Å². The third kappa shape index (κ3) is 3.42.